The summed E-state index contributed by atoms with van der Waals surface area (Å²) in [5.41, 5.74) is 1.67. The number of carboxylic acids is 2. The molecule has 304 valence electrons. The molecule has 4 aromatic rings. The highest BCUT2D eigenvalue weighted by atomic mass is 35.5. The molecule has 0 atom stereocenters. The smallest absolute Gasteiger partial charge is 0.322 e. The topological polar surface area (TPSA) is 146 Å². The van der Waals surface area contributed by atoms with Crippen molar-refractivity contribution in [3.05, 3.63) is 113 Å². The highest BCUT2D eigenvalue weighted by Gasteiger charge is 2.23. The zero-order valence-electron chi connectivity index (χ0n) is 29.8. The minimum atomic E-state index is -1.18. The van der Waals surface area contributed by atoms with Crippen molar-refractivity contribution in [3.63, 3.8) is 0 Å². The van der Waals surface area contributed by atoms with E-state index in [4.69, 9.17) is 89.3 Å². The van der Waals surface area contributed by atoms with Crippen LogP contribution in [-0.2, 0) is 29.2 Å². The molecule has 0 bridgehead atoms. The molecule has 0 spiro atoms. The first-order valence-corrected chi connectivity index (χ1v) is 19.8. The van der Waals surface area contributed by atoms with Crippen molar-refractivity contribution in [2.75, 3.05) is 17.2 Å². The summed E-state index contributed by atoms with van der Waals surface area (Å²) in [5.74, 6) is -3.50. The number of anilines is 2. The van der Waals surface area contributed by atoms with Gasteiger partial charge in [0.25, 0.3) is 5.91 Å². The van der Waals surface area contributed by atoms with Gasteiger partial charge in [0.2, 0.25) is 0 Å². The van der Waals surface area contributed by atoms with E-state index >= 15 is 0 Å². The van der Waals surface area contributed by atoms with Crippen LogP contribution in [0.2, 0.25) is 30.1 Å². The lowest BCUT2D eigenvalue weighted by Crippen LogP contribution is -2.29. The maximum absolute atomic E-state index is 14.8. The Bertz CT molecular complexity index is 2110. The summed E-state index contributed by atoms with van der Waals surface area (Å²) in [6.45, 7) is -0.850. The van der Waals surface area contributed by atoms with Crippen molar-refractivity contribution in [1.82, 2.24) is 5.32 Å². The van der Waals surface area contributed by atoms with Crippen LogP contribution in [-0.4, -0.2) is 46.7 Å². The van der Waals surface area contributed by atoms with Crippen LogP contribution >= 0.6 is 69.6 Å². The zero-order chi connectivity index (χ0) is 41.4. The van der Waals surface area contributed by atoms with Crippen LogP contribution in [0.15, 0.2) is 48.5 Å². The molecule has 0 aliphatic heterocycles. The summed E-state index contributed by atoms with van der Waals surface area (Å²) in [7, 11) is 0. The molecule has 0 heterocycles. The zero-order valence-corrected chi connectivity index (χ0v) is 34.3. The molecule has 2 fully saturated rings. The van der Waals surface area contributed by atoms with Crippen molar-refractivity contribution >= 4 is 98.8 Å². The first kappa shape index (κ1) is 44.2. The van der Waals surface area contributed by atoms with E-state index in [1.54, 1.807) is 6.07 Å². The van der Waals surface area contributed by atoms with Crippen molar-refractivity contribution in [1.29, 1.82) is 0 Å². The molecule has 4 aromatic carbocycles. The Labute approximate surface area is 356 Å². The molecule has 0 saturated heterocycles. The largest absolute Gasteiger partial charge is 0.486 e. The summed E-state index contributed by atoms with van der Waals surface area (Å²) in [6.07, 6.45) is 6.00. The molecule has 18 heteroatoms. The van der Waals surface area contributed by atoms with E-state index in [0.29, 0.717) is 27.0 Å². The molecule has 5 N–H and O–H groups in total. The van der Waals surface area contributed by atoms with Crippen LogP contribution in [0.1, 0.15) is 65.6 Å². The Balaban J connectivity index is 0.000000219. The lowest BCUT2D eigenvalue weighted by Gasteiger charge is -2.28. The quantitative estimate of drug-likeness (QED) is 0.0787. The van der Waals surface area contributed by atoms with Gasteiger partial charge in [-0.05, 0) is 92.6 Å². The van der Waals surface area contributed by atoms with Crippen molar-refractivity contribution in [2.45, 2.75) is 70.2 Å². The van der Waals surface area contributed by atoms with Gasteiger partial charge in [-0.15, -0.1) is 0 Å². The molecular weight excluding hydrogens is 873 g/mol. The number of hydrogen-bond acceptors (Lipinski definition) is 7. The summed E-state index contributed by atoms with van der Waals surface area (Å²) >= 11 is 36.9. The molecule has 0 aromatic heterocycles. The molecule has 2 saturated carbocycles. The lowest BCUT2D eigenvalue weighted by atomic mass is 9.93. The van der Waals surface area contributed by atoms with Gasteiger partial charge in [-0.25, -0.2) is 8.78 Å². The Morgan fingerprint density at radius 1 is 0.632 bits per heavy atom. The van der Waals surface area contributed by atoms with E-state index in [-0.39, 0.29) is 80.0 Å². The van der Waals surface area contributed by atoms with Gasteiger partial charge in [-0.2, -0.15) is 0 Å². The SMILES string of the molecule is O=C(O)CNC(=O)c1cc(Cl)c(OCc2cc(Cl)cc(NC3CCC3)c2F)c(Cl)c1.O=C(O)Cc1cc(Cl)c(OCc2cc(Cl)cc(NC3CCC3)c2F)c(Cl)c1. The van der Waals surface area contributed by atoms with Crippen LogP contribution < -0.4 is 25.4 Å². The third kappa shape index (κ3) is 12.3. The van der Waals surface area contributed by atoms with Gasteiger partial charge in [0.15, 0.2) is 23.1 Å². The Morgan fingerprint density at radius 2 is 1.05 bits per heavy atom. The fraction of sp³-hybridized carbons (Fsp3) is 0.308. The summed E-state index contributed by atoms with van der Waals surface area (Å²) in [6, 6.07) is 12.0. The fourth-order valence-electron chi connectivity index (χ4n) is 5.67. The predicted molar refractivity (Wildman–Crippen MR) is 218 cm³/mol. The average Bonchev–Trinajstić information content (AvgIpc) is 3.09. The number of carbonyl (C=O) groups excluding carboxylic acids is 1. The molecule has 0 radical (unpaired) electrons. The van der Waals surface area contributed by atoms with Gasteiger partial charge in [0.05, 0.1) is 37.9 Å². The lowest BCUT2D eigenvalue weighted by molar-refractivity contribution is -0.137. The number of nitrogens with one attached hydrogen (secondary N) is 3. The van der Waals surface area contributed by atoms with Gasteiger partial charge in [-0.1, -0.05) is 69.6 Å². The monoisotopic (exact) mass is 905 g/mol. The van der Waals surface area contributed by atoms with Crippen LogP contribution in [0, 0.1) is 11.6 Å². The number of benzene rings is 4. The molecule has 0 unspecified atom stereocenters. The van der Waals surface area contributed by atoms with Crippen LogP contribution in [0.4, 0.5) is 20.2 Å². The van der Waals surface area contributed by atoms with Crippen molar-refractivity contribution in [3.8, 4) is 11.5 Å². The van der Waals surface area contributed by atoms with Crippen molar-refractivity contribution < 1.29 is 42.9 Å². The number of amides is 1. The van der Waals surface area contributed by atoms with Crippen LogP contribution in [0.25, 0.3) is 0 Å². The van der Waals surface area contributed by atoms with E-state index in [1.165, 1.54) is 42.5 Å². The number of rotatable bonds is 15. The van der Waals surface area contributed by atoms with Gasteiger partial charge in [0, 0.05) is 38.8 Å². The fourth-order valence-corrected chi connectivity index (χ4v) is 7.39. The number of ether oxygens (including phenoxy) is 2. The number of carbonyl (C=O) groups is 3. The minimum Gasteiger partial charge on any atom is -0.486 e. The van der Waals surface area contributed by atoms with Gasteiger partial charge >= 0.3 is 11.9 Å². The molecule has 2 aliphatic carbocycles. The summed E-state index contributed by atoms with van der Waals surface area (Å²) < 4.78 is 40.8. The summed E-state index contributed by atoms with van der Waals surface area (Å²) in [4.78, 5) is 33.4. The second-order valence-corrected chi connectivity index (χ2v) is 15.8. The third-order valence-electron chi connectivity index (χ3n) is 8.97. The van der Waals surface area contributed by atoms with Gasteiger partial charge in [-0.3, -0.25) is 14.4 Å². The van der Waals surface area contributed by atoms with Gasteiger partial charge in [0.1, 0.15) is 19.8 Å². The van der Waals surface area contributed by atoms with Gasteiger partial charge < -0.3 is 35.6 Å². The maximum Gasteiger partial charge on any atom is 0.322 e. The molecule has 10 nitrogen and oxygen atoms in total. The van der Waals surface area contributed by atoms with E-state index in [1.807, 2.05) is 0 Å². The number of hydrogen-bond donors (Lipinski definition) is 5. The molecular formula is C39H35Cl6F2N3O7. The number of carboxylic acid groups (broad SMARTS) is 2. The highest BCUT2D eigenvalue weighted by molar-refractivity contribution is 6.38. The molecule has 6 rings (SSSR count). The second kappa shape index (κ2) is 20.2. The maximum atomic E-state index is 14.8. The average molecular weight is 908 g/mol. The second-order valence-electron chi connectivity index (χ2n) is 13.3. The first-order chi connectivity index (χ1) is 27.1. The molecule has 2 aliphatic rings. The Hall–Kier alpha value is -3.91. The van der Waals surface area contributed by atoms with Crippen LogP contribution in [0.5, 0.6) is 11.5 Å². The highest BCUT2D eigenvalue weighted by Crippen LogP contribution is 2.38. The standard InChI is InChI=1S/C20H18Cl3FN2O4.C19H17Cl3FNO3/c21-12-4-11(18(24)16(7-12)26-13-2-1-3-13)9-30-19-14(22)5-10(6-15(19)23)20(29)25-8-17(27)28;20-12-7-11(18(23)16(8-12)24-13-2-1-3-13)9-27-19-14(21)4-10(5-15(19)22)6-17(25)26/h4-7,13,26H,1-3,8-9H2,(H,25,29)(H,27,28);4-5,7-8,13,24H,1-3,6,9H2,(H,25,26). The number of halogens is 8. The Kier molecular flexibility index (Phi) is 15.6. The van der Waals surface area contributed by atoms with E-state index in [9.17, 15) is 23.2 Å². The number of aliphatic carboxylic acids is 2. The minimum absolute atomic E-state index is 0.0261. The molecule has 57 heavy (non-hydrogen) atoms. The van der Waals surface area contributed by atoms with Crippen LogP contribution in [0.3, 0.4) is 0 Å². The molecule has 1 amide bonds. The Morgan fingerprint density at radius 3 is 1.42 bits per heavy atom. The first-order valence-electron chi connectivity index (χ1n) is 17.5. The summed E-state index contributed by atoms with van der Waals surface area (Å²) in [5, 5.41) is 27.1. The van der Waals surface area contributed by atoms with E-state index in [0.717, 1.165) is 38.5 Å². The van der Waals surface area contributed by atoms with Crippen molar-refractivity contribution in [2.24, 2.45) is 0 Å². The predicted octanol–water partition coefficient (Wildman–Crippen LogP) is 11.1. The normalized spacial score (nSPS) is 13.7. The van der Waals surface area contributed by atoms with E-state index < -0.39 is 36.0 Å². The third-order valence-corrected chi connectivity index (χ3v) is 10.5. The van der Waals surface area contributed by atoms with E-state index in [2.05, 4.69) is 16.0 Å².